The highest BCUT2D eigenvalue weighted by atomic mass is 32.2. The van der Waals surface area contributed by atoms with Gasteiger partial charge in [-0.1, -0.05) is 29.8 Å². The SMILES string of the molecule is Cc1cccc(CN(C)c2snc(N)c2S(C)(=O)=O)c1. The van der Waals surface area contributed by atoms with Gasteiger partial charge in [-0.2, -0.15) is 4.37 Å². The number of benzene rings is 1. The molecule has 5 nitrogen and oxygen atoms in total. The van der Waals surface area contributed by atoms with Crippen molar-refractivity contribution in [1.82, 2.24) is 4.37 Å². The van der Waals surface area contributed by atoms with Gasteiger partial charge < -0.3 is 10.6 Å². The molecule has 0 amide bonds. The number of hydrogen-bond acceptors (Lipinski definition) is 6. The fraction of sp³-hybridized carbons (Fsp3) is 0.308. The number of hydrogen-bond donors (Lipinski definition) is 1. The standard InChI is InChI=1S/C13H17N3O2S2/c1-9-5-4-6-10(7-9)8-16(2)13-11(20(3,17)18)12(14)15-19-13/h4-7H,8H2,1-3H3,(H2,14,15). The second-order valence-corrected chi connectivity index (χ2v) is 7.52. The van der Waals surface area contributed by atoms with Crippen LogP contribution < -0.4 is 10.6 Å². The van der Waals surface area contributed by atoms with Gasteiger partial charge in [-0.3, -0.25) is 0 Å². The molecule has 0 radical (unpaired) electrons. The number of nitrogens with zero attached hydrogens (tertiary/aromatic N) is 2. The molecule has 2 aromatic rings. The molecule has 0 atom stereocenters. The summed E-state index contributed by atoms with van der Waals surface area (Å²) in [6, 6.07) is 8.09. The molecule has 108 valence electrons. The quantitative estimate of drug-likeness (QED) is 0.935. The van der Waals surface area contributed by atoms with Crippen molar-refractivity contribution < 1.29 is 8.42 Å². The number of anilines is 2. The fourth-order valence-corrected chi connectivity index (χ4v) is 4.22. The second-order valence-electron chi connectivity index (χ2n) is 4.82. The van der Waals surface area contributed by atoms with E-state index in [0.29, 0.717) is 11.5 Å². The molecular weight excluding hydrogens is 294 g/mol. The third-order valence-electron chi connectivity index (χ3n) is 2.88. The number of nitrogens with two attached hydrogens (primary N) is 1. The van der Waals surface area contributed by atoms with Crippen LogP contribution in [0.3, 0.4) is 0 Å². The summed E-state index contributed by atoms with van der Waals surface area (Å²) < 4.78 is 27.6. The molecule has 0 bridgehead atoms. The van der Waals surface area contributed by atoms with Crippen LogP contribution in [0.25, 0.3) is 0 Å². The summed E-state index contributed by atoms with van der Waals surface area (Å²) in [4.78, 5) is 1.98. The molecule has 2 N–H and O–H groups in total. The fourth-order valence-electron chi connectivity index (χ4n) is 2.03. The van der Waals surface area contributed by atoms with E-state index in [-0.39, 0.29) is 10.7 Å². The maximum Gasteiger partial charge on any atom is 0.182 e. The Kier molecular flexibility index (Phi) is 4.01. The smallest absolute Gasteiger partial charge is 0.182 e. The van der Waals surface area contributed by atoms with Crippen LogP contribution in [-0.2, 0) is 16.4 Å². The van der Waals surface area contributed by atoms with Crippen LogP contribution in [0, 0.1) is 6.92 Å². The number of rotatable bonds is 4. The summed E-state index contributed by atoms with van der Waals surface area (Å²) in [6.45, 7) is 2.63. The molecule has 0 saturated carbocycles. The van der Waals surface area contributed by atoms with E-state index in [0.717, 1.165) is 23.4 Å². The van der Waals surface area contributed by atoms with Crippen molar-refractivity contribution in [2.45, 2.75) is 18.4 Å². The molecule has 0 fully saturated rings. The van der Waals surface area contributed by atoms with Crippen LogP contribution in [-0.4, -0.2) is 26.1 Å². The number of nitrogen functional groups attached to an aromatic ring is 1. The highest BCUT2D eigenvalue weighted by Crippen LogP contribution is 2.34. The normalized spacial score (nSPS) is 11.6. The summed E-state index contributed by atoms with van der Waals surface area (Å²) in [5.74, 6) is 0.0728. The summed E-state index contributed by atoms with van der Waals surface area (Å²) in [7, 11) is -1.55. The zero-order valence-corrected chi connectivity index (χ0v) is 13.3. The first-order valence-corrected chi connectivity index (χ1v) is 8.67. The minimum Gasteiger partial charge on any atom is -0.382 e. The van der Waals surface area contributed by atoms with Crippen molar-refractivity contribution in [2.24, 2.45) is 0 Å². The van der Waals surface area contributed by atoms with Gasteiger partial charge in [-0.15, -0.1) is 0 Å². The van der Waals surface area contributed by atoms with Gasteiger partial charge in [0.25, 0.3) is 0 Å². The lowest BCUT2D eigenvalue weighted by Gasteiger charge is -2.18. The minimum atomic E-state index is -3.39. The van der Waals surface area contributed by atoms with Gasteiger partial charge in [-0.05, 0) is 24.0 Å². The van der Waals surface area contributed by atoms with E-state index in [1.807, 2.05) is 37.1 Å². The predicted molar refractivity (Wildman–Crippen MR) is 82.9 cm³/mol. The molecule has 0 unspecified atom stereocenters. The van der Waals surface area contributed by atoms with Gasteiger partial charge in [0.05, 0.1) is 0 Å². The molecular formula is C13H17N3O2S2. The first kappa shape index (κ1) is 14.8. The van der Waals surface area contributed by atoms with Crippen molar-refractivity contribution in [3.63, 3.8) is 0 Å². The lowest BCUT2D eigenvalue weighted by molar-refractivity contribution is 0.602. The van der Waals surface area contributed by atoms with Crippen molar-refractivity contribution in [3.8, 4) is 0 Å². The molecule has 1 aromatic heterocycles. The average molecular weight is 311 g/mol. The Labute approximate surface area is 123 Å². The maximum atomic E-state index is 11.8. The number of aryl methyl sites for hydroxylation is 1. The van der Waals surface area contributed by atoms with E-state index in [1.165, 1.54) is 5.56 Å². The monoisotopic (exact) mass is 311 g/mol. The molecule has 20 heavy (non-hydrogen) atoms. The molecule has 0 spiro atoms. The van der Waals surface area contributed by atoms with Crippen LogP contribution in [0.15, 0.2) is 29.2 Å². The average Bonchev–Trinajstić information content (AvgIpc) is 2.71. The van der Waals surface area contributed by atoms with Crippen LogP contribution >= 0.6 is 11.5 Å². The Balaban J connectivity index is 2.33. The second kappa shape index (κ2) is 5.41. The van der Waals surface area contributed by atoms with Crippen LogP contribution in [0.2, 0.25) is 0 Å². The van der Waals surface area contributed by atoms with Gasteiger partial charge in [0, 0.05) is 19.8 Å². The number of sulfone groups is 1. The first-order valence-electron chi connectivity index (χ1n) is 6.01. The van der Waals surface area contributed by atoms with E-state index in [9.17, 15) is 8.42 Å². The number of aromatic nitrogens is 1. The van der Waals surface area contributed by atoms with Crippen molar-refractivity contribution >= 4 is 32.2 Å². The lowest BCUT2D eigenvalue weighted by Crippen LogP contribution is -2.18. The summed E-state index contributed by atoms with van der Waals surface area (Å²) >= 11 is 1.11. The van der Waals surface area contributed by atoms with Gasteiger partial charge in [0.15, 0.2) is 15.7 Å². The Morgan fingerprint density at radius 1 is 1.40 bits per heavy atom. The molecule has 0 aliphatic heterocycles. The molecule has 0 aliphatic rings. The van der Waals surface area contributed by atoms with Gasteiger partial charge in [0.2, 0.25) is 0 Å². The molecule has 2 rings (SSSR count). The van der Waals surface area contributed by atoms with Gasteiger partial charge in [-0.25, -0.2) is 8.42 Å². The Morgan fingerprint density at radius 2 is 2.10 bits per heavy atom. The first-order chi connectivity index (χ1) is 9.29. The zero-order chi connectivity index (χ0) is 14.9. The largest absolute Gasteiger partial charge is 0.382 e. The van der Waals surface area contributed by atoms with Gasteiger partial charge >= 0.3 is 0 Å². The minimum absolute atomic E-state index is 0.0728. The van der Waals surface area contributed by atoms with E-state index in [4.69, 9.17) is 5.73 Å². The van der Waals surface area contributed by atoms with Crippen LogP contribution in [0.1, 0.15) is 11.1 Å². The van der Waals surface area contributed by atoms with E-state index < -0.39 is 9.84 Å². The third-order valence-corrected chi connectivity index (χ3v) is 5.13. The maximum absolute atomic E-state index is 11.8. The van der Waals surface area contributed by atoms with Crippen LogP contribution in [0.4, 0.5) is 10.8 Å². The molecule has 1 heterocycles. The van der Waals surface area contributed by atoms with Crippen LogP contribution in [0.5, 0.6) is 0 Å². The highest BCUT2D eigenvalue weighted by Gasteiger charge is 2.23. The lowest BCUT2D eigenvalue weighted by atomic mass is 10.1. The Hall–Kier alpha value is -1.60. The zero-order valence-electron chi connectivity index (χ0n) is 11.6. The summed E-state index contributed by atoms with van der Waals surface area (Å²) in [5.41, 5.74) is 7.96. The van der Waals surface area contributed by atoms with Gasteiger partial charge in [0.1, 0.15) is 9.90 Å². The third kappa shape index (κ3) is 3.10. The summed E-state index contributed by atoms with van der Waals surface area (Å²) in [6.07, 6.45) is 1.15. The van der Waals surface area contributed by atoms with Crippen molar-refractivity contribution in [3.05, 3.63) is 35.4 Å². The van der Waals surface area contributed by atoms with E-state index in [1.54, 1.807) is 0 Å². The molecule has 0 aliphatic carbocycles. The van der Waals surface area contributed by atoms with E-state index >= 15 is 0 Å². The predicted octanol–water partition coefficient (Wildman–Crippen LogP) is 2.07. The molecule has 7 heteroatoms. The van der Waals surface area contributed by atoms with Crippen molar-refractivity contribution in [2.75, 3.05) is 23.9 Å². The van der Waals surface area contributed by atoms with E-state index in [2.05, 4.69) is 10.4 Å². The highest BCUT2D eigenvalue weighted by molar-refractivity contribution is 7.91. The molecule has 0 saturated heterocycles. The Morgan fingerprint density at radius 3 is 2.70 bits per heavy atom. The topological polar surface area (TPSA) is 76.3 Å². The van der Waals surface area contributed by atoms with Crippen molar-refractivity contribution in [1.29, 1.82) is 0 Å². The Bertz CT molecular complexity index is 723. The molecule has 1 aromatic carbocycles. The summed E-state index contributed by atoms with van der Waals surface area (Å²) in [5, 5.41) is 0.575.